The second-order valence-electron chi connectivity index (χ2n) is 4.28. The van der Waals surface area contributed by atoms with Crippen molar-refractivity contribution in [3.8, 4) is 11.5 Å². The molecule has 0 saturated heterocycles. The van der Waals surface area contributed by atoms with Gasteiger partial charge in [-0.25, -0.2) is 4.79 Å². The predicted octanol–water partition coefficient (Wildman–Crippen LogP) is 2.99. The summed E-state index contributed by atoms with van der Waals surface area (Å²) in [5.74, 6) is -0.636. The molecule has 0 saturated carbocycles. The molecule has 6 heteroatoms. The molecule has 0 radical (unpaired) electrons. The highest BCUT2D eigenvalue weighted by Crippen LogP contribution is 2.28. The molecule has 116 valence electrons. The summed E-state index contributed by atoms with van der Waals surface area (Å²) in [6.45, 7) is 0.577. The summed E-state index contributed by atoms with van der Waals surface area (Å²) in [7, 11) is 2.65. The van der Waals surface area contributed by atoms with Gasteiger partial charge >= 0.3 is 5.97 Å². The van der Waals surface area contributed by atoms with Crippen molar-refractivity contribution in [1.82, 2.24) is 0 Å². The van der Waals surface area contributed by atoms with E-state index in [2.05, 4.69) is 20.7 Å². The maximum Gasteiger partial charge on any atom is 0.379 e. The van der Waals surface area contributed by atoms with Crippen LogP contribution in [0.25, 0.3) is 0 Å². The number of alkyl halides is 1. The number of rotatable bonds is 9. The number of halogens is 1. The number of hydrogen-bond acceptors (Lipinski definition) is 5. The van der Waals surface area contributed by atoms with Gasteiger partial charge in [-0.15, -0.1) is 0 Å². The van der Waals surface area contributed by atoms with Crippen LogP contribution in [0, 0.1) is 0 Å². The summed E-state index contributed by atoms with van der Waals surface area (Å²) in [6.07, 6.45) is 3.12. The van der Waals surface area contributed by atoms with E-state index in [1.165, 1.54) is 26.4 Å². The number of ketones is 1. The lowest BCUT2D eigenvalue weighted by Gasteiger charge is -2.11. The van der Waals surface area contributed by atoms with Crippen LogP contribution >= 0.6 is 15.9 Å². The van der Waals surface area contributed by atoms with E-state index in [-0.39, 0.29) is 5.56 Å². The quantitative estimate of drug-likeness (QED) is 0.223. The molecule has 21 heavy (non-hydrogen) atoms. The van der Waals surface area contributed by atoms with Gasteiger partial charge in [0.15, 0.2) is 11.5 Å². The Morgan fingerprint density at radius 1 is 1.10 bits per heavy atom. The zero-order valence-electron chi connectivity index (χ0n) is 12.2. The van der Waals surface area contributed by atoms with Crippen LogP contribution in [0.4, 0.5) is 0 Å². The lowest BCUT2D eigenvalue weighted by molar-refractivity contribution is -0.135. The van der Waals surface area contributed by atoms with Gasteiger partial charge in [-0.05, 0) is 37.5 Å². The van der Waals surface area contributed by atoms with Crippen LogP contribution in [0.2, 0.25) is 0 Å². The van der Waals surface area contributed by atoms with Gasteiger partial charge in [-0.2, -0.15) is 0 Å². The summed E-state index contributed by atoms with van der Waals surface area (Å²) >= 11 is 3.38. The third kappa shape index (κ3) is 5.38. The molecule has 0 unspecified atom stereocenters. The van der Waals surface area contributed by atoms with E-state index in [1.54, 1.807) is 6.07 Å². The number of carbonyl (C=O) groups excluding carboxylic acids is 2. The fraction of sp³-hybridized carbons (Fsp3) is 0.467. The Bertz CT molecular complexity index is 487. The maximum absolute atomic E-state index is 11.7. The molecule has 0 aliphatic rings. The number of ether oxygens (including phenoxy) is 3. The number of methoxy groups -OCH3 is 2. The Kier molecular flexibility index (Phi) is 7.82. The van der Waals surface area contributed by atoms with Crippen molar-refractivity contribution in [2.24, 2.45) is 0 Å². The van der Waals surface area contributed by atoms with E-state index >= 15 is 0 Å². The highest BCUT2D eigenvalue weighted by Gasteiger charge is 2.18. The SMILES string of the molecule is COC(=O)C(=O)c1ccc(OCCCCCBr)c(OC)c1. The molecular formula is C15H19BrO5. The van der Waals surface area contributed by atoms with Gasteiger partial charge in [0.25, 0.3) is 5.78 Å². The number of benzene rings is 1. The Morgan fingerprint density at radius 3 is 2.48 bits per heavy atom. The molecular weight excluding hydrogens is 340 g/mol. The topological polar surface area (TPSA) is 61.8 Å². The summed E-state index contributed by atoms with van der Waals surface area (Å²) in [4.78, 5) is 22.9. The van der Waals surface area contributed by atoms with Crippen molar-refractivity contribution in [2.45, 2.75) is 19.3 Å². The monoisotopic (exact) mass is 358 g/mol. The zero-order valence-corrected chi connectivity index (χ0v) is 13.8. The zero-order chi connectivity index (χ0) is 15.7. The van der Waals surface area contributed by atoms with Crippen LogP contribution in [0.1, 0.15) is 29.6 Å². The molecule has 5 nitrogen and oxygen atoms in total. The second-order valence-corrected chi connectivity index (χ2v) is 5.08. The smallest absolute Gasteiger partial charge is 0.379 e. The molecule has 0 bridgehead atoms. The summed E-state index contributed by atoms with van der Waals surface area (Å²) < 4.78 is 15.2. The van der Waals surface area contributed by atoms with Gasteiger partial charge in [-0.1, -0.05) is 15.9 Å². The fourth-order valence-electron chi connectivity index (χ4n) is 1.69. The van der Waals surface area contributed by atoms with Crippen molar-refractivity contribution >= 4 is 27.7 Å². The number of carbonyl (C=O) groups is 2. The minimum absolute atomic E-state index is 0.213. The van der Waals surface area contributed by atoms with Crippen molar-refractivity contribution in [3.63, 3.8) is 0 Å². The number of hydrogen-bond donors (Lipinski definition) is 0. The minimum atomic E-state index is -0.902. The van der Waals surface area contributed by atoms with Crippen molar-refractivity contribution in [3.05, 3.63) is 23.8 Å². The summed E-state index contributed by atoms with van der Waals surface area (Å²) in [5.41, 5.74) is 0.213. The lowest BCUT2D eigenvalue weighted by atomic mass is 10.1. The lowest BCUT2D eigenvalue weighted by Crippen LogP contribution is -2.15. The van der Waals surface area contributed by atoms with Gasteiger partial charge in [0.2, 0.25) is 0 Å². The van der Waals surface area contributed by atoms with Crippen LogP contribution in [-0.4, -0.2) is 37.9 Å². The Hall–Kier alpha value is -1.56. The Labute approximate surface area is 132 Å². The van der Waals surface area contributed by atoms with Gasteiger partial charge in [-0.3, -0.25) is 4.79 Å². The molecule has 0 aliphatic carbocycles. The van der Waals surface area contributed by atoms with E-state index in [0.717, 1.165) is 24.6 Å². The molecule has 0 atom stereocenters. The molecule has 0 N–H and O–H groups in total. The first-order valence-corrected chi connectivity index (χ1v) is 7.75. The predicted molar refractivity (Wildman–Crippen MR) is 82.5 cm³/mol. The molecule has 1 rings (SSSR count). The molecule has 0 aliphatic heterocycles. The number of Topliss-reactive ketones (excluding diaryl/α,β-unsaturated/α-hetero) is 1. The highest BCUT2D eigenvalue weighted by molar-refractivity contribution is 9.09. The van der Waals surface area contributed by atoms with Crippen LogP contribution in [-0.2, 0) is 9.53 Å². The average Bonchev–Trinajstić information content (AvgIpc) is 2.53. The van der Waals surface area contributed by atoms with Crippen LogP contribution in [0.5, 0.6) is 11.5 Å². The first-order valence-electron chi connectivity index (χ1n) is 6.63. The number of unbranched alkanes of at least 4 members (excludes halogenated alkanes) is 2. The standard InChI is InChI=1S/C15H19BrO5/c1-19-13-10-11(14(17)15(18)20-2)6-7-12(13)21-9-5-3-4-8-16/h6-7,10H,3-5,8-9H2,1-2H3. The maximum atomic E-state index is 11.7. The third-order valence-corrected chi connectivity index (χ3v) is 3.39. The van der Waals surface area contributed by atoms with Gasteiger partial charge in [0.05, 0.1) is 20.8 Å². The third-order valence-electron chi connectivity index (χ3n) is 2.83. The summed E-state index contributed by atoms with van der Waals surface area (Å²) in [6, 6.07) is 4.63. The molecule has 0 fully saturated rings. The normalized spacial score (nSPS) is 10.0. The minimum Gasteiger partial charge on any atom is -0.493 e. The van der Waals surface area contributed by atoms with Gasteiger partial charge in [0.1, 0.15) is 0 Å². The van der Waals surface area contributed by atoms with Crippen LogP contribution in [0.15, 0.2) is 18.2 Å². The van der Waals surface area contributed by atoms with E-state index in [0.29, 0.717) is 18.1 Å². The van der Waals surface area contributed by atoms with E-state index in [4.69, 9.17) is 9.47 Å². The van der Waals surface area contributed by atoms with Crippen molar-refractivity contribution < 1.29 is 23.8 Å². The first-order chi connectivity index (χ1) is 10.1. The Balaban J connectivity index is 2.70. The summed E-state index contributed by atoms with van der Waals surface area (Å²) in [5, 5.41) is 0.987. The van der Waals surface area contributed by atoms with E-state index in [1.807, 2.05) is 0 Å². The van der Waals surface area contributed by atoms with Crippen LogP contribution in [0.3, 0.4) is 0 Å². The van der Waals surface area contributed by atoms with E-state index in [9.17, 15) is 9.59 Å². The number of esters is 1. The molecule has 0 aromatic heterocycles. The largest absolute Gasteiger partial charge is 0.493 e. The van der Waals surface area contributed by atoms with E-state index < -0.39 is 11.8 Å². The van der Waals surface area contributed by atoms with Crippen molar-refractivity contribution in [2.75, 3.05) is 26.2 Å². The van der Waals surface area contributed by atoms with Crippen LogP contribution < -0.4 is 9.47 Å². The second kappa shape index (κ2) is 9.39. The van der Waals surface area contributed by atoms with Gasteiger partial charge < -0.3 is 14.2 Å². The molecule has 1 aromatic carbocycles. The molecule has 0 amide bonds. The molecule has 0 heterocycles. The molecule has 0 spiro atoms. The van der Waals surface area contributed by atoms with Gasteiger partial charge in [0, 0.05) is 10.9 Å². The highest BCUT2D eigenvalue weighted by atomic mass is 79.9. The average molecular weight is 359 g/mol. The fourth-order valence-corrected chi connectivity index (χ4v) is 2.09. The first kappa shape index (κ1) is 17.5. The Morgan fingerprint density at radius 2 is 1.86 bits per heavy atom. The molecule has 1 aromatic rings. The van der Waals surface area contributed by atoms with Crippen molar-refractivity contribution in [1.29, 1.82) is 0 Å².